The van der Waals surface area contributed by atoms with Gasteiger partial charge in [0.05, 0.1) is 16.7 Å². The second-order valence-electron chi connectivity index (χ2n) is 6.03. The van der Waals surface area contributed by atoms with E-state index in [1.807, 2.05) is 0 Å². The number of nitrogens with one attached hydrogen (secondary N) is 1. The molecule has 108 valence electrons. The summed E-state index contributed by atoms with van der Waals surface area (Å²) < 4.78 is 0. The molecule has 1 N–H and O–H groups in total. The van der Waals surface area contributed by atoms with Crippen LogP contribution in [-0.4, -0.2) is 35.6 Å². The molecule has 0 aromatic carbocycles. The first-order valence-electron chi connectivity index (χ1n) is 7.45. The summed E-state index contributed by atoms with van der Waals surface area (Å²) >= 11 is 1.76. The smallest absolute Gasteiger partial charge is 0.0898 e. The van der Waals surface area contributed by atoms with Crippen LogP contribution in [0.25, 0.3) is 0 Å². The SMILES string of the molecule is Cc1nc(C(C)N2CCCC(CNC(C)C)C2)cs1. The van der Waals surface area contributed by atoms with Gasteiger partial charge in [-0.05, 0) is 45.7 Å². The quantitative estimate of drug-likeness (QED) is 0.898. The summed E-state index contributed by atoms with van der Waals surface area (Å²) in [5.41, 5.74) is 1.25. The molecule has 3 nitrogen and oxygen atoms in total. The summed E-state index contributed by atoms with van der Waals surface area (Å²) in [5.74, 6) is 0.790. The molecule has 1 aromatic rings. The Kier molecular flexibility index (Phi) is 5.37. The predicted molar refractivity (Wildman–Crippen MR) is 82.7 cm³/mol. The van der Waals surface area contributed by atoms with Crippen LogP contribution in [-0.2, 0) is 0 Å². The van der Waals surface area contributed by atoms with Crippen LogP contribution in [0, 0.1) is 12.8 Å². The third-order valence-corrected chi connectivity index (χ3v) is 4.77. The minimum Gasteiger partial charge on any atom is -0.314 e. The number of nitrogens with zero attached hydrogens (tertiary/aromatic N) is 2. The van der Waals surface area contributed by atoms with Gasteiger partial charge in [-0.25, -0.2) is 4.98 Å². The van der Waals surface area contributed by atoms with Gasteiger partial charge in [0.25, 0.3) is 0 Å². The molecule has 0 bridgehead atoms. The van der Waals surface area contributed by atoms with E-state index in [9.17, 15) is 0 Å². The van der Waals surface area contributed by atoms with Crippen LogP contribution in [0.15, 0.2) is 5.38 Å². The van der Waals surface area contributed by atoms with Crippen LogP contribution in [0.5, 0.6) is 0 Å². The van der Waals surface area contributed by atoms with Crippen molar-refractivity contribution in [1.82, 2.24) is 15.2 Å². The van der Waals surface area contributed by atoms with Crippen molar-refractivity contribution in [2.45, 2.75) is 52.6 Å². The molecule has 1 aromatic heterocycles. The number of likely N-dealkylation sites (tertiary alicyclic amines) is 1. The Hall–Kier alpha value is -0.450. The fraction of sp³-hybridized carbons (Fsp3) is 0.800. The van der Waals surface area contributed by atoms with Crippen molar-refractivity contribution in [2.24, 2.45) is 5.92 Å². The summed E-state index contributed by atoms with van der Waals surface area (Å²) in [5, 5.41) is 6.97. The summed E-state index contributed by atoms with van der Waals surface area (Å²) in [6, 6.07) is 1.06. The van der Waals surface area contributed by atoms with Gasteiger partial charge in [-0.15, -0.1) is 11.3 Å². The van der Waals surface area contributed by atoms with Gasteiger partial charge in [0.15, 0.2) is 0 Å². The number of thiazole rings is 1. The fourth-order valence-corrected chi connectivity index (χ4v) is 3.48. The number of hydrogen-bond donors (Lipinski definition) is 1. The molecule has 1 aliphatic rings. The van der Waals surface area contributed by atoms with Gasteiger partial charge in [0.1, 0.15) is 0 Å². The Morgan fingerprint density at radius 1 is 1.47 bits per heavy atom. The third kappa shape index (κ3) is 4.26. The lowest BCUT2D eigenvalue weighted by molar-refractivity contribution is 0.127. The van der Waals surface area contributed by atoms with Crippen molar-refractivity contribution in [1.29, 1.82) is 0 Å². The van der Waals surface area contributed by atoms with E-state index in [1.165, 1.54) is 36.6 Å². The number of aryl methyl sites for hydroxylation is 1. The van der Waals surface area contributed by atoms with Crippen molar-refractivity contribution >= 4 is 11.3 Å². The summed E-state index contributed by atoms with van der Waals surface area (Å²) in [6.45, 7) is 12.4. The molecule has 0 saturated carbocycles. The highest BCUT2D eigenvalue weighted by molar-refractivity contribution is 7.09. The van der Waals surface area contributed by atoms with E-state index in [2.05, 4.69) is 48.3 Å². The highest BCUT2D eigenvalue weighted by atomic mass is 32.1. The third-order valence-electron chi connectivity index (χ3n) is 3.98. The molecule has 1 saturated heterocycles. The molecular formula is C15H27N3S. The maximum absolute atomic E-state index is 4.65. The van der Waals surface area contributed by atoms with Crippen molar-refractivity contribution in [3.05, 3.63) is 16.1 Å². The Bertz CT molecular complexity index is 388. The summed E-state index contributed by atoms with van der Waals surface area (Å²) in [7, 11) is 0. The van der Waals surface area contributed by atoms with Gasteiger partial charge in [-0.3, -0.25) is 4.90 Å². The average Bonchev–Trinajstić information content (AvgIpc) is 2.82. The van der Waals surface area contributed by atoms with E-state index in [0.29, 0.717) is 12.1 Å². The lowest BCUT2D eigenvalue weighted by Crippen LogP contribution is -2.42. The lowest BCUT2D eigenvalue weighted by atomic mass is 9.96. The molecule has 1 fully saturated rings. The minimum absolute atomic E-state index is 0.465. The molecule has 0 radical (unpaired) electrons. The van der Waals surface area contributed by atoms with Crippen LogP contribution in [0.1, 0.15) is 50.4 Å². The molecule has 0 aliphatic carbocycles. The molecule has 19 heavy (non-hydrogen) atoms. The molecule has 2 unspecified atom stereocenters. The van der Waals surface area contributed by atoms with E-state index < -0.39 is 0 Å². The topological polar surface area (TPSA) is 28.2 Å². The molecule has 4 heteroatoms. The van der Waals surface area contributed by atoms with E-state index in [0.717, 1.165) is 12.5 Å². The fourth-order valence-electron chi connectivity index (χ4n) is 2.78. The van der Waals surface area contributed by atoms with Crippen LogP contribution < -0.4 is 5.32 Å². The van der Waals surface area contributed by atoms with Crippen LogP contribution >= 0.6 is 11.3 Å². The summed E-state index contributed by atoms with van der Waals surface area (Å²) in [4.78, 5) is 7.25. The van der Waals surface area contributed by atoms with Crippen molar-refractivity contribution in [3.63, 3.8) is 0 Å². The number of piperidine rings is 1. The first-order valence-corrected chi connectivity index (χ1v) is 8.33. The minimum atomic E-state index is 0.465. The number of hydrogen-bond acceptors (Lipinski definition) is 4. The molecule has 0 amide bonds. The van der Waals surface area contributed by atoms with Crippen LogP contribution in [0.3, 0.4) is 0 Å². The van der Waals surface area contributed by atoms with E-state index in [4.69, 9.17) is 0 Å². The maximum Gasteiger partial charge on any atom is 0.0898 e. The zero-order valence-electron chi connectivity index (χ0n) is 12.6. The van der Waals surface area contributed by atoms with Crippen molar-refractivity contribution in [3.8, 4) is 0 Å². The van der Waals surface area contributed by atoms with Gasteiger partial charge >= 0.3 is 0 Å². The second kappa shape index (κ2) is 6.82. The first-order chi connectivity index (χ1) is 9.06. The van der Waals surface area contributed by atoms with Gasteiger partial charge in [0.2, 0.25) is 0 Å². The monoisotopic (exact) mass is 281 g/mol. The molecule has 2 rings (SSSR count). The molecular weight excluding hydrogens is 254 g/mol. The zero-order chi connectivity index (χ0) is 13.8. The van der Waals surface area contributed by atoms with E-state index >= 15 is 0 Å². The average molecular weight is 281 g/mol. The number of aromatic nitrogens is 1. The molecule has 1 aliphatic heterocycles. The Balaban J connectivity index is 1.89. The maximum atomic E-state index is 4.65. The first kappa shape index (κ1) is 14.9. The van der Waals surface area contributed by atoms with Gasteiger partial charge in [-0.2, -0.15) is 0 Å². The van der Waals surface area contributed by atoms with Crippen LogP contribution in [0.2, 0.25) is 0 Å². The van der Waals surface area contributed by atoms with Gasteiger partial charge in [0, 0.05) is 18.0 Å². The molecule has 0 spiro atoms. The molecule has 2 heterocycles. The van der Waals surface area contributed by atoms with Gasteiger partial charge < -0.3 is 5.32 Å². The van der Waals surface area contributed by atoms with E-state index in [-0.39, 0.29) is 0 Å². The number of rotatable bonds is 5. The predicted octanol–water partition coefficient (Wildman–Crippen LogP) is 3.22. The highest BCUT2D eigenvalue weighted by Crippen LogP contribution is 2.27. The molecule has 2 atom stereocenters. The van der Waals surface area contributed by atoms with E-state index in [1.54, 1.807) is 11.3 Å². The summed E-state index contributed by atoms with van der Waals surface area (Å²) in [6.07, 6.45) is 2.68. The lowest BCUT2D eigenvalue weighted by Gasteiger charge is -2.36. The van der Waals surface area contributed by atoms with Gasteiger partial charge in [-0.1, -0.05) is 13.8 Å². The Morgan fingerprint density at radius 2 is 2.26 bits per heavy atom. The normalized spacial score (nSPS) is 22.9. The highest BCUT2D eigenvalue weighted by Gasteiger charge is 2.25. The standard InChI is InChI=1S/C15H27N3S/c1-11(2)16-8-14-6-5-7-18(9-14)12(3)15-10-19-13(4)17-15/h10-12,14,16H,5-9H2,1-4H3. The Morgan fingerprint density at radius 3 is 2.89 bits per heavy atom. The van der Waals surface area contributed by atoms with Crippen molar-refractivity contribution < 1.29 is 0 Å². The van der Waals surface area contributed by atoms with Crippen molar-refractivity contribution in [2.75, 3.05) is 19.6 Å². The van der Waals surface area contributed by atoms with Crippen LogP contribution in [0.4, 0.5) is 0 Å². The largest absolute Gasteiger partial charge is 0.314 e. The second-order valence-corrected chi connectivity index (χ2v) is 7.10. The zero-order valence-corrected chi connectivity index (χ0v) is 13.5. The Labute approximate surface area is 121 Å².